The summed E-state index contributed by atoms with van der Waals surface area (Å²) in [5, 5.41) is 35.8. The first-order valence-corrected chi connectivity index (χ1v) is 13.8. The van der Waals surface area contributed by atoms with Gasteiger partial charge in [-0.3, -0.25) is 23.9 Å². The maximum atomic E-state index is 12.5. The quantitative estimate of drug-likeness (QED) is 0.128. The molecular weight excluding hydrogens is 538 g/mol. The standard InChI is InChI=1S/C22H37N7O9S/c1-21(2,10-15-25-28-29-26-15)13-22(3,4)11-18(32)27-39(37,38)9-5-6-17(31)24-14(20(35)36)7-8-16(30)23-12-19(33)34/h14H,5-13H2,1-4H3,(H,23,30)(H,24,31)(H,27,32)(H,33,34)(H,35,36)(H,25,26,28,29)/t14-/m0/s1. The molecule has 3 amide bonds. The van der Waals surface area contributed by atoms with E-state index in [4.69, 9.17) is 5.11 Å². The molecule has 17 heteroatoms. The van der Waals surface area contributed by atoms with E-state index < -0.39 is 63.4 Å². The Bertz CT molecular complexity index is 1120. The van der Waals surface area contributed by atoms with Gasteiger partial charge in [-0.25, -0.2) is 13.2 Å². The number of aromatic nitrogens is 4. The van der Waals surface area contributed by atoms with Gasteiger partial charge >= 0.3 is 11.9 Å². The van der Waals surface area contributed by atoms with Gasteiger partial charge in [-0.15, -0.1) is 10.2 Å². The molecule has 1 rings (SSSR count). The molecule has 0 aromatic carbocycles. The Kier molecular flexibility index (Phi) is 12.4. The van der Waals surface area contributed by atoms with Crippen LogP contribution < -0.4 is 15.4 Å². The van der Waals surface area contributed by atoms with E-state index in [-0.39, 0.29) is 37.5 Å². The van der Waals surface area contributed by atoms with E-state index in [0.29, 0.717) is 18.7 Å². The molecule has 0 unspecified atom stereocenters. The van der Waals surface area contributed by atoms with Gasteiger partial charge in [0.2, 0.25) is 27.7 Å². The molecule has 6 N–H and O–H groups in total. The van der Waals surface area contributed by atoms with E-state index in [1.807, 2.05) is 32.4 Å². The lowest BCUT2D eigenvalue weighted by atomic mass is 9.71. The van der Waals surface area contributed by atoms with Crippen molar-refractivity contribution in [3.8, 4) is 0 Å². The molecular formula is C22H37N7O9S. The predicted molar refractivity (Wildman–Crippen MR) is 135 cm³/mol. The molecule has 1 aromatic rings. The lowest BCUT2D eigenvalue weighted by molar-refractivity contribution is -0.142. The van der Waals surface area contributed by atoms with Crippen molar-refractivity contribution in [1.82, 2.24) is 36.0 Å². The van der Waals surface area contributed by atoms with Crippen molar-refractivity contribution in [2.24, 2.45) is 10.8 Å². The zero-order valence-electron chi connectivity index (χ0n) is 22.4. The number of carboxylic acids is 2. The van der Waals surface area contributed by atoms with Crippen LogP contribution in [0.2, 0.25) is 0 Å². The second kappa shape index (κ2) is 14.5. The molecule has 1 heterocycles. The highest BCUT2D eigenvalue weighted by Gasteiger charge is 2.33. The molecule has 0 saturated heterocycles. The van der Waals surface area contributed by atoms with Crippen LogP contribution >= 0.6 is 0 Å². The minimum atomic E-state index is -4.04. The van der Waals surface area contributed by atoms with Gasteiger partial charge in [0, 0.05) is 25.7 Å². The Balaban J connectivity index is 2.48. The summed E-state index contributed by atoms with van der Waals surface area (Å²) in [5.74, 6) is -4.81. The average molecular weight is 576 g/mol. The maximum Gasteiger partial charge on any atom is 0.326 e. The number of hydrogen-bond donors (Lipinski definition) is 6. The number of carbonyl (C=O) groups is 5. The second-order valence-electron chi connectivity index (χ2n) is 10.8. The average Bonchev–Trinajstić information content (AvgIpc) is 3.24. The lowest BCUT2D eigenvalue weighted by Crippen LogP contribution is -2.42. The van der Waals surface area contributed by atoms with Crippen LogP contribution in [0.25, 0.3) is 0 Å². The first kappa shape index (κ1) is 33.4. The van der Waals surface area contributed by atoms with Crippen LogP contribution in [-0.2, 0) is 40.4 Å². The summed E-state index contributed by atoms with van der Waals surface area (Å²) in [6.07, 6.45) is -0.133. The number of nitrogens with one attached hydrogen (secondary N) is 4. The number of aromatic amines is 1. The van der Waals surface area contributed by atoms with Gasteiger partial charge in [-0.1, -0.05) is 32.9 Å². The van der Waals surface area contributed by atoms with Crippen LogP contribution in [0.5, 0.6) is 0 Å². The van der Waals surface area contributed by atoms with Gasteiger partial charge < -0.3 is 20.8 Å². The number of amides is 3. The van der Waals surface area contributed by atoms with Crippen molar-refractivity contribution in [2.45, 2.75) is 78.7 Å². The Morgan fingerprint density at radius 3 is 2.21 bits per heavy atom. The smallest absolute Gasteiger partial charge is 0.326 e. The first-order chi connectivity index (χ1) is 17.9. The Morgan fingerprint density at radius 2 is 1.64 bits per heavy atom. The molecule has 0 spiro atoms. The fraction of sp³-hybridized carbons (Fsp3) is 0.727. The SMILES string of the molecule is CC(C)(CC(=O)NS(=O)(=O)CCCC(=O)N[C@@H](CCC(=O)NCC(=O)O)C(=O)O)CC(C)(C)Cc1nn[nH]n1. The summed E-state index contributed by atoms with van der Waals surface area (Å²) in [6, 6.07) is -1.42. The van der Waals surface area contributed by atoms with E-state index >= 15 is 0 Å². The van der Waals surface area contributed by atoms with Gasteiger partial charge in [0.25, 0.3) is 0 Å². The number of rotatable bonds is 18. The number of carboxylic acid groups (broad SMARTS) is 2. The molecule has 0 aliphatic rings. The minimum Gasteiger partial charge on any atom is -0.480 e. The molecule has 0 aliphatic carbocycles. The normalized spacial score (nSPS) is 12.8. The Morgan fingerprint density at radius 1 is 0.974 bits per heavy atom. The van der Waals surface area contributed by atoms with E-state index in [1.165, 1.54) is 0 Å². The lowest BCUT2D eigenvalue weighted by Gasteiger charge is -2.34. The highest BCUT2D eigenvalue weighted by Crippen LogP contribution is 2.37. The third-order valence-electron chi connectivity index (χ3n) is 5.44. The number of nitrogens with zero attached hydrogens (tertiary/aromatic N) is 3. The summed E-state index contributed by atoms with van der Waals surface area (Å²) in [5.41, 5.74) is -0.848. The fourth-order valence-electron chi connectivity index (χ4n) is 4.29. The van der Waals surface area contributed by atoms with Crippen LogP contribution in [0.15, 0.2) is 0 Å². The molecule has 0 radical (unpaired) electrons. The van der Waals surface area contributed by atoms with Gasteiger partial charge in [0.05, 0.1) is 5.75 Å². The maximum absolute atomic E-state index is 12.5. The largest absolute Gasteiger partial charge is 0.480 e. The highest BCUT2D eigenvalue weighted by molar-refractivity contribution is 7.90. The zero-order valence-corrected chi connectivity index (χ0v) is 23.3. The van der Waals surface area contributed by atoms with Gasteiger partial charge in [0.1, 0.15) is 12.6 Å². The summed E-state index contributed by atoms with van der Waals surface area (Å²) in [4.78, 5) is 57.9. The van der Waals surface area contributed by atoms with Crippen molar-refractivity contribution in [2.75, 3.05) is 12.3 Å². The topological polar surface area (TPSA) is 250 Å². The van der Waals surface area contributed by atoms with Crippen molar-refractivity contribution in [1.29, 1.82) is 0 Å². The van der Waals surface area contributed by atoms with Crippen LogP contribution in [0.4, 0.5) is 0 Å². The van der Waals surface area contributed by atoms with Crippen LogP contribution in [0.1, 0.15) is 72.0 Å². The number of sulfonamides is 1. The van der Waals surface area contributed by atoms with E-state index in [9.17, 15) is 37.5 Å². The molecule has 16 nitrogen and oxygen atoms in total. The number of tetrazole rings is 1. The number of aliphatic carboxylic acids is 2. The zero-order chi connectivity index (χ0) is 29.9. The molecule has 220 valence electrons. The van der Waals surface area contributed by atoms with Crippen molar-refractivity contribution >= 4 is 39.7 Å². The summed E-state index contributed by atoms with van der Waals surface area (Å²) in [6.45, 7) is 7.03. The Labute approximate surface area is 226 Å². The monoisotopic (exact) mass is 575 g/mol. The number of H-pyrrole nitrogens is 1. The number of hydrogen-bond acceptors (Lipinski definition) is 10. The molecule has 1 aromatic heterocycles. The van der Waals surface area contributed by atoms with Crippen molar-refractivity contribution < 1.29 is 42.6 Å². The third-order valence-corrected chi connectivity index (χ3v) is 6.80. The second-order valence-corrected chi connectivity index (χ2v) is 12.6. The van der Waals surface area contributed by atoms with Crippen molar-refractivity contribution in [3.63, 3.8) is 0 Å². The highest BCUT2D eigenvalue weighted by atomic mass is 32.2. The molecule has 0 bridgehead atoms. The van der Waals surface area contributed by atoms with Gasteiger partial charge in [-0.2, -0.15) is 5.21 Å². The van der Waals surface area contributed by atoms with E-state index in [0.717, 1.165) is 0 Å². The van der Waals surface area contributed by atoms with Gasteiger partial charge in [0.15, 0.2) is 5.82 Å². The van der Waals surface area contributed by atoms with Crippen LogP contribution in [0.3, 0.4) is 0 Å². The number of carbonyl (C=O) groups excluding carboxylic acids is 3. The summed E-state index contributed by atoms with van der Waals surface area (Å²) < 4.78 is 26.7. The molecule has 0 saturated carbocycles. The van der Waals surface area contributed by atoms with E-state index in [1.54, 1.807) is 0 Å². The van der Waals surface area contributed by atoms with E-state index in [2.05, 4.69) is 31.3 Å². The van der Waals surface area contributed by atoms with Crippen molar-refractivity contribution in [3.05, 3.63) is 5.82 Å². The molecule has 39 heavy (non-hydrogen) atoms. The van der Waals surface area contributed by atoms with Gasteiger partial charge in [-0.05, 0) is 30.1 Å². The minimum absolute atomic E-state index is 0.0667. The molecule has 1 atom stereocenters. The summed E-state index contributed by atoms with van der Waals surface area (Å²) >= 11 is 0. The fourth-order valence-corrected chi connectivity index (χ4v) is 5.33. The summed E-state index contributed by atoms with van der Waals surface area (Å²) in [7, 11) is -4.04. The van der Waals surface area contributed by atoms with Crippen LogP contribution in [-0.4, -0.2) is 87.3 Å². The van der Waals surface area contributed by atoms with Crippen LogP contribution in [0, 0.1) is 10.8 Å². The first-order valence-electron chi connectivity index (χ1n) is 12.2. The third kappa shape index (κ3) is 14.8. The Hall–Kier alpha value is -3.63. The molecule has 0 fully saturated rings. The predicted octanol–water partition coefficient (Wildman–Crippen LogP) is -0.649. The molecule has 0 aliphatic heterocycles.